The number of aromatic nitrogens is 2. The lowest BCUT2D eigenvalue weighted by atomic mass is 10.4. The van der Waals surface area contributed by atoms with Gasteiger partial charge in [0.15, 0.2) is 5.84 Å². The maximum absolute atomic E-state index is 12.5. The van der Waals surface area contributed by atoms with Crippen molar-refractivity contribution in [1.29, 1.82) is 0 Å². The number of hydrogen-bond donors (Lipinski definition) is 1. The predicted octanol–water partition coefficient (Wildman–Crippen LogP) is 2.05. The first-order chi connectivity index (χ1) is 9.97. The van der Waals surface area contributed by atoms with Crippen molar-refractivity contribution in [3.05, 3.63) is 39.8 Å². The zero-order valence-electron chi connectivity index (χ0n) is 11.0. The monoisotopic (exact) mass is 314 g/mol. The Kier molecular flexibility index (Phi) is 4.63. The maximum Gasteiger partial charge on any atom is 0.356 e. The van der Waals surface area contributed by atoms with E-state index < -0.39 is 12.4 Å². The van der Waals surface area contributed by atoms with E-state index in [1.54, 1.807) is 24.4 Å². The molecule has 0 spiro atoms. The first kappa shape index (κ1) is 15.1. The molecule has 0 aromatic carbocycles. The summed E-state index contributed by atoms with van der Waals surface area (Å²) < 4.78 is 26.1. The van der Waals surface area contributed by atoms with Crippen LogP contribution in [-0.4, -0.2) is 21.6 Å². The van der Waals surface area contributed by atoms with E-state index >= 15 is 0 Å². The summed E-state index contributed by atoms with van der Waals surface area (Å²) in [5.74, 6) is -0.676. The molecule has 0 saturated heterocycles. The van der Waals surface area contributed by atoms with Crippen LogP contribution in [0.4, 0.5) is 8.78 Å². The molecule has 112 valence electrons. The van der Waals surface area contributed by atoms with Crippen LogP contribution in [0.3, 0.4) is 0 Å². The molecule has 0 aliphatic heterocycles. The molecule has 0 unspecified atom stereocenters. The molecule has 2 heterocycles. The number of nitrogens with two attached hydrogens (primary N) is 1. The van der Waals surface area contributed by atoms with Crippen LogP contribution < -0.4 is 5.73 Å². The van der Waals surface area contributed by atoms with Crippen molar-refractivity contribution in [3.8, 4) is 0 Å². The first-order valence-corrected chi connectivity index (χ1v) is 6.75. The number of oxime groups is 1. The van der Waals surface area contributed by atoms with Crippen LogP contribution in [0, 0.1) is 6.92 Å². The molecule has 2 aromatic heterocycles. The minimum atomic E-state index is -2.69. The summed E-state index contributed by atoms with van der Waals surface area (Å²) in [5, 5.41) is 8.92. The molecular formula is C12H12F2N4O2S. The number of nitrogens with zero attached hydrogens (tertiary/aromatic N) is 3. The highest BCUT2D eigenvalue weighted by Gasteiger charge is 2.15. The smallest absolute Gasteiger partial charge is 0.356 e. The van der Waals surface area contributed by atoms with Gasteiger partial charge in [0.25, 0.3) is 6.43 Å². The van der Waals surface area contributed by atoms with Crippen LogP contribution in [0.5, 0.6) is 0 Å². The van der Waals surface area contributed by atoms with Crippen molar-refractivity contribution in [2.24, 2.45) is 10.9 Å². The van der Waals surface area contributed by atoms with Crippen molar-refractivity contribution in [1.82, 2.24) is 9.78 Å². The van der Waals surface area contributed by atoms with Crippen LogP contribution in [-0.2, 0) is 16.2 Å². The molecule has 0 atom stereocenters. The summed E-state index contributed by atoms with van der Waals surface area (Å²) >= 11 is 1.35. The summed E-state index contributed by atoms with van der Waals surface area (Å²) in [5.41, 5.74) is 5.66. The molecule has 2 N–H and O–H groups in total. The number of rotatable bonds is 5. The third-order valence-corrected chi connectivity index (χ3v) is 3.41. The van der Waals surface area contributed by atoms with Gasteiger partial charge in [-0.3, -0.25) is 4.68 Å². The predicted molar refractivity (Wildman–Crippen MR) is 73.1 cm³/mol. The van der Waals surface area contributed by atoms with Crippen molar-refractivity contribution < 1.29 is 18.4 Å². The van der Waals surface area contributed by atoms with Gasteiger partial charge in [-0.2, -0.15) is 5.10 Å². The number of carbonyl (C=O) groups is 1. The minimum absolute atomic E-state index is 0.0730. The number of aryl methyl sites for hydroxylation is 1. The molecule has 0 radical (unpaired) electrons. The fourth-order valence-corrected chi connectivity index (χ4v) is 2.14. The zero-order valence-corrected chi connectivity index (χ0v) is 11.8. The summed E-state index contributed by atoms with van der Waals surface area (Å²) in [6, 6.07) is 4.72. The van der Waals surface area contributed by atoms with Crippen molar-refractivity contribution in [3.63, 3.8) is 0 Å². The highest BCUT2D eigenvalue weighted by Crippen LogP contribution is 2.17. The Balaban J connectivity index is 1.97. The van der Waals surface area contributed by atoms with E-state index in [0.717, 1.165) is 4.68 Å². The fraction of sp³-hybridized carbons (Fsp3) is 0.250. The minimum Gasteiger partial charge on any atom is -0.380 e. The average Bonchev–Trinajstić information content (AvgIpc) is 3.07. The van der Waals surface area contributed by atoms with E-state index in [0.29, 0.717) is 10.6 Å². The van der Waals surface area contributed by atoms with E-state index in [2.05, 4.69) is 15.1 Å². The highest BCUT2D eigenvalue weighted by atomic mass is 32.1. The SMILES string of the molecule is Cc1cc(C(F)F)nn1CC(=O)O/N=C(\N)c1cccs1. The van der Waals surface area contributed by atoms with Gasteiger partial charge < -0.3 is 10.6 Å². The molecule has 2 aromatic rings. The Morgan fingerprint density at radius 2 is 2.38 bits per heavy atom. The van der Waals surface area contributed by atoms with Crippen LogP contribution in [0.15, 0.2) is 28.7 Å². The van der Waals surface area contributed by atoms with Crippen LogP contribution >= 0.6 is 11.3 Å². The first-order valence-electron chi connectivity index (χ1n) is 5.87. The van der Waals surface area contributed by atoms with Crippen molar-refractivity contribution in [2.75, 3.05) is 0 Å². The second-order valence-corrected chi connectivity index (χ2v) is 5.03. The van der Waals surface area contributed by atoms with Gasteiger partial charge in [0.2, 0.25) is 0 Å². The zero-order chi connectivity index (χ0) is 15.4. The van der Waals surface area contributed by atoms with E-state index in [9.17, 15) is 13.6 Å². The number of amidine groups is 1. The number of thiophene rings is 1. The lowest BCUT2D eigenvalue weighted by Gasteiger charge is -2.02. The Bertz CT molecular complexity index is 652. The summed E-state index contributed by atoms with van der Waals surface area (Å²) in [6.45, 7) is 1.25. The molecule has 9 heteroatoms. The van der Waals surface area contributed by atoms with Gasteiger partial charge in [0, 0.05) is 5.69 Å². The van der Waals surface area contributed by atoms with Gasteiger partial charge in [-0.05, 0) is 24.4 Å². The lowest BCUT2D eigenvalue weighted by molar-refractivity contribution is -0.144. The Morgan fingerprint density at radius 3 is 2.95 bits per heavy atom. The largest absolute Gasteiger partial charge is 0.380 e. The van der Waals surface area contributed by atoms with Crippen LogP contribution in [0.1, 0.15) is 22.7 Å². The molecule has 2 rings (SSSR count). The number of carbonyl (C=O) groups excluding carboxylic acids is 1. The summed E-state index contributed by atoms with van der Waals surface area (Å²) in [4.78, 5) is 16.9. The topological polar surface area (TPSA) is 82.5 Å². The van der Waals surface area contributed by atoms with E-state index in [1.165, 1.54) is 17.4 Å². The third-order valence-electron chi connectivity index (χ3n) is 2.52. The Morgan fingerprint density at radius 1 is 1.62 bits per heavy atom. The number of alkyl halides is 2. The molecule has 0 aliphatic rings. The van der Waals surface area contributed by atoms with Gasteiger partial charge >= 0.3 is 5.97 Å². The van der Waals surface area contributed by atoms with Crippen LogP contribution in [0.2, 0.25) is 0 Å². The van der Waals surface area contributed by atoms with E-state index in [1.807, 2.05) is 0 Å². The third kappa shape index (κ3) is 3.85. The van der Waals surface area contributed by atoms with Crippen molar-refractivity contribution in [2.45, 2.75) is 19.9 Å². The van der Waals surface area contributed by atoms with E-state index in [-0.39, 0.29) is 18.1 Å². The van der Waals surface area contributed by atoms with Gasteiger partial charge in [-0.1, -0.05) is 11.2 Å². The second-order valence-electron chi connectivity index (χ2n) is 4.09. The van der Waals surface area contributed by atoms with Gasteiger partial charge in [-0.15, -0.1) is 11.3 Å². The van der Waals surface area contributed by atoms with E-state index in [4.69, 9.17) is 5.73 Å². The molecule has 0 fully saturated rings. The van der Waals surface area contributed by atoms with Gasteiger partial charge in [0.05, 0.1) is 4.88 Å². The molecule has 6 nitrogen and oxygen atoms in total. The molecule has 0 saturated carbocycles. The number of halogens is 2. The van der Waals surface area contributed by atoms with Gasteiger partial charge in [0.1, 0.15) is 12.2 Å². The normalized spacial score (nSPS) is 11.9. The van der Waals surface area contributed by atoms with Crippen LogP contribution in [0.25, 0.3) is 0 Å². The molecule has 0 bridgehead atoms. The van der Waals surface area contributed by atoms with Gasteiger partial charge in [-0.25, -0.2) is 13.6 Å². The lowest BCUT2D eigenvalue weighted by Crippen LogP contribution is -2.17. The molecule has 0 aliphatic carbocycles. The Hall–Kier alpha value is -2.29. The maximum atomic E-state index is 12.5. The number of hydrogen-bond acceptors (Lipinski definition) is 5. The molecule has 21 heavy (non-hydrogen) atoms. The highest BCUT2D eigenvalue weighted by molar-refractivity contribution is 7.12. The molecule has 0 amide bonds. The van der Waals surface area contributed by atoms with Crippen molar-refractivity contribution >= 4 is 23.1 Å². The second kappa shape index (κ2) is 6.44. The summed E-state index contributed by atoms with van der Waals surface area (Å²) in [7, 11) is 0. The standard InChI is InChI=1S/C12H12F2N4O2S/c1-7-5-8(11(13)14)16-18(7)6-10(19)20-17-12(15)9-3-2-4-21-9/h2-5,11H,6H2,1H3,(H2,15,17). The fourth-order valence-electron chi connectivity index (χ4n) is 1.52. The molecular weight excluding hydrogens is 302 g/mol. The quantitative estimate of drug-likeness (QED) is 0.396. The summed E-state index contributed by atoms with van der Waals surface area (Å²) in [6.07, 6.45) is -2.69. The Labute approximate surface area is 122 Å². The average molecular weight is 314 g/mol.